The minimum Gasteiger partial charge on any atom is -0.547 e. The Hall–Kier alpha value is -1.53. The summed E-state index contributed by atoms with van der Waals surface area (Å²) >= 11 is 6.29. The molecule has 2 fully saturated rings. The predicted molar refractivity (Wildman–Crippen MR) is 124 cm³/mol. The van der Waals surface area contributed by atoms with Gasteiger partial charge in [0.1, 0.15) is 30.2 Å². The van der Waals surface area contributed by atoms with Crippen LogP contribution in [0.25, 0.3) is 5.57 Å². The van der Waals surface area contributed by atoms with Crippen LogP contribution in [0.1, 0.15) is 35.2 Å². The maximum absolute atomic E-state index is 11.3. The van der Waals surface area contributed by atoms with Crippen LogP contribution < -0.4 is 44.7 Å². The van der Waals surface area contributed by atoms with Gasteiger partial charge in [0.05, 0.1) is 17.9 Å². The number of benzene rings is 1. The number of carboxylic acids is 1. The number of aliphatic carboxylic acids is 1. The van der Waals surface area contributed by atoms with Gasteiger partial charge >= 0.3 is 29.6 Å². The van der Waals surface area contributed by atoms with E-state index in [2.05, 4.69) is 5.32 Å². The molecular weight excluding hydrogens is 499 g/mol. The summed E-state index contributed by atoms with van der Waals surface area (Å²) in [7, 11) is 0. The molecule has 0 radical (unpaired) electrons. The number of carboxylic acid groups (broad SMARTS) is 1. The molecule has 1 aromatic carbocycles. The molecule has 3 heterocycles. The molecule has 36 heavy (non-hydrogen) atoms. The van der Waals surface area contributed by atoms with Crippen molar-refractivity contribution in [3.8, 4) is 5.75 Å². The standard InChI is InChI=1S/C25H27ClN2O7.Na/c26-15-3-4-17-13(9-15)1-2-14-10-16(11-28-19(14)18(17)12-5-7-27-8-6-12)34-25-22(31)20(29)21(30)23(35-25)24(32)33;/h3-4,9-11,20-23,25,27,29-31H,1-2,5-8H2,(H,32,33);/q;+1/p-1/t20-,21-,22+,23-,25+;/m0./s1. The van der Waals surface area contributed by atoms with Gasteiger partial charge in [-0.15, -0.1) is 0 Å². The van der Waals surface area contributed by atoms with E-state index < -0.39 is 36.7 Å². The van der Waals surface area contributed by atoms with Crippen molar-refractivity contribution in [2.24, 2.45) is 0 Å². The molecule has 0 bridgehead atoms. The van der Waals surface area contributed by atoms with Crippen molar-refractivity contribution >= 4 is 23.1 Å². The summed E-state index contributed by atoms with van der Waals surface area (Å²) in [4.78, 5) is 16.0. The second-order valence-electron chi connectivity index (χ2n) is 9.04. The minimum atomic E-state index is -1.84. The summed E-state index contributed by atoms with van der Waals surface area (Å²) in [6, 6.07) is 7.71. The Bertz CT molecular complexity index is 1170. The third-order valence-corrected chi connectivity index (χ3v) is 7.03. The van der Waals surface area contributed by atoms with E-state index in [1.165, 1.54) is 11.8 Å². The average Bonchev–Trinajstić information content (AvgIpc) is 3.01. The zero-order valence-electron chi connectivity index (χ0n) is 19.8. The molecule has 11 heteroatoms. The van der Waals surface area contributed by atoms with Crippen molar-refractivity contribution in [1.82, 2.24) is 10.3 Å². The fourth-order valence-electron chi connectivity index (χ4n) is 4.99. The maximum Gasteiger partial charge on any atom is 1.00 e. The van der Waals surface area contributed by atoms with E-state index in [4.69, 9.17) is 26.1 Å². The Balaban J connectivity index is 0.00000304. The zero-order chi connectivity index (χ0) is 24.7. The van der Waals surface area contributed by atoms with Crippen molar-refractivity contribution < 1.29 is 64.3 Å². The van der Waals surface area contributed by atoms with E-state index >= 15 is 0 Å². The van der Waals surface area contributed by atoms with Gasteiger partial charge in [-0.05, 0) is 73.7 Å². The van der Waals surface area contributed by atoms with Crippen molar-refractivity contribution in [2.75, 3.05) is 13.1 Å². The number of aliphatic hydroxyl groups is 3. The van der Waals surface area contributed by atoms with Gasteiger partial charge in [-0.2, -0.15) is 0 Å². The Morgan fingerprint density at radius 1 is 1.06 bits per heavy atom. The van der Waals surface area contributed by atoms with Gasteiger partial charge < -0.3 is 40.0 Å². The molecule has 4 N–H and O–H groups in total. The number of aryl methyl sites for hydroxylation is 2. The molecule has 0 spiro atoms. The second kappa shape index (κ2) is 11.5. The normalized spacial score (nSPS) is 27.8. The number of nitrogens with zero attached hydrogens (tertiary/aromatic N) is 1. The van der Waals surface area contributed by atoms with E-state index in [9.17, 15) is 25.2 Å². The molecule has 0 amide bonds. The van der Waals surface area contributed by atoms with Crippen molar-refractivity contribution in [2.45, 2.75) is 56.4 Å². The van der Waals surface area contributed by atoms with Gasteiger partial charge in [-0.3, -0.25) is 4.98 Å². The Kier molecular flexibility index (Phi) is 8.76. The third-order valence-electron chi connectivity index (χ3n) is 6.79. The minimum absolute atomic E-state index is 0. The zero-order valence-corrected chi connectivity index (χ0v) is 22.6. The summed E-state index contributed by atoms with van der Waals surface area (Å²) in [5.41, 5.74) is 6.45. The number of pyridine rings is 1. The number of carbonyl (C=O) groups excluding carboxylic acids is 1. The van der Waals surface area contributed by atoms with Gasteiger partial charge in [-0.25, -0.2) is 0 Å². The van der Waals surface area contributed by atoms with E-state index in [-0.39, 0.29) is 35.3 Å². The number of aromatic nitrogens is 1. The topological polar surface area (TPSA) is 144 Å². The van der Waals surface area contributed by atoms with Crippen LogP contribution in [0.15, 0.2) is 36.0 Å². The van der Waals surface area contributed by atoms with Crippen LogP contribution in [-0.4, -0.2) is 70.1 Å². The first-order valence-corrected chi connectivity index (χ1v) is 12.0. The molecule has 186 valence electrons. The number of ether oxygens (including phenoxy) is 2. The number of piperidine rings is 1. The quantitative estimate of drug-likeness (QED) is 0.308. The number of halogens is 1. The number of fused-ring (bicyclic) bond motifs is 2. The molecule has 2 saturated heterocycles. The van der Waals surface area contributed by atoms with Crippen LogP contribution in [0.5, 0.6) is 5.75 Å². The summed E-state index contributed by atoms with van der Waals surface area (Å²) in [5.74, 6) is -1.47. The summed E-state index contributed by atoms with van der Waals surface area (Å²) in [6.45, 7) is 1.78. The first kappa shape index (κ1) is 27.5. The maximum atomic E-state index is 11.3. The number of carbonyl (C=O) groups is 1. The molecule has 5 rings (SSSR count). The van der Waals surface area contributed by atoms with Gasteiger partial charge in [0.2, 0.25) is 6.29 Å². The Labute approximate surface area is 235 Å². The Morgan fingerprint density at radius 2 is 1.78 bits per heavy atom. The molecule has 0 saturated carbocycles. The molecule has 2 aromatic rings. The molecule has 5 atom stereocenters. The van der Waals surface area contributed by atoms with Crippen LogP contribution in [-0.2, 0) is 22.4 Å². The molecule has 0 unspecified atom stereocenters. The van der Waals surface area contributed by atoms with Gasteiger partial charge in [0.15, 0.2) is 0 Å². The number of aliphatic hydroxyl groups excluding tert-OH is 3. The van der Waals surface area contributed by atoms with Crippen LogP contribution in [0.3, 0.4) is 0 Å². The number of rotatable bonds is 3. The van der Waals surface area contributed by atoms with Crippen molar-refractivity contribution in [1.29, 1.82) is 0 Å². The molecule has 2 aliphatic heterocycles. The van der Waals surface area contributed by atoms with Crippen molar-refractivity contribution in [3.63, 3.8) is 0 Å². The first-order valence-electron chi connectivity index (χ1n) is 11.6. The predicted octanol–water partition coefficient (Wildman–Crippen LogP) is -3.04. The Morgan fingerprint density at radius 3 is 2.50 bits per heavy atom. The summed E-state index contributed by atoms with van der Waals surface area (Å²) < 4.78 is 10.9. The van der Waals surface area contributed by atoms with Crippen LogP contribution >= 0.6 is 11.6 Å². The second-order valence-corrected chi connectivity index (χ2v) is 9.48. The molecular formula is C25H26ClN2NaO7. The van der Waals surface area contributed by atoms with Crippen LogP contribution in [0.2, 0.25) is 5.02 Å². The van der Waals surface area contributed by atoms with E-state index in [0.29, 0.717) is 11.4 Å². The smallest absolute Gasteiger partial charge is 0.547 e. The molecule has 9 nitrogen and oxygen atoms in total. The van der Waals surface area contributed by atoms with Gasteiger partial charge in [0, 0.05) is 10.6 Å². The fraction of sp³-hybridized carbons (Fsp3) is 0.440. The number of hydrogen-bond donors (Lipinski definition) is 4. The monoisotopic (exact) mass is 524 g/mol. The largest absolute Gasteiger partial charge is 1.00 e. The molecule has 3 aliphatic rings. The third kappa shape index (κ3) is 5.36. The van der Waals surface area contributed by atoms with E-state index in [1.54, 1.807) is 6.07 Å². The number of nitrogens with one attached hydrogen (secondary N) is 1. The fourth-order valence-corrected chi connectivity index (χ4v) is 5.18. The van der Waals surface area contributed by atoms with Crippen LogP contribution in [0, 0.1) is 0 Å². The van der Waals surface area contributed by atoms with Crippen molar-refractivity contribution in [3.05, 3.63) is 63.4 Å². The van der Waals surface area contributed by atoms with E-state index in [1.807, 2.05) is 18.2 Å². The average molecular weight is 525 g/mol. The SMILES string of the molecule is O=C([O-])[C@H]1O[C@@H](Oc2cnc3c(c2)CCc2cc(Cl)ccc2C3=C2CCNCC2)[C@H](O)[C@@H](O)[C@@H]1O.[Na+]. The summed E-state index contributed by atoms with van der Waals surface area (Å²) in [5, 5.41) is 45.6. The molecule has 1 aromatic heterocycles. The number of hydrogen-bond acceptors (Lipinski definition) is 9. The summed E-state index contributed by atoms with van der Waals surface area (Å²) in [6.07, 6.45) is -3.95. The molecule has 1 aliphatic carbocycles. The van der Waals surface area contributed by atoms with Crippen LogP contribution in [0.4, 0.5) is 0 Å². The van der Waals surface area contributed by atoms with Gasteiger partial charge in [-0.1, -0.05) is 23.2 Å². The first-order chi connectivity index (χ1) is 16.8. The van der Waals surface area contributed by atoms with Gasteiger partial charge in [0.25, 0.3) is 0 Å². The van der Waals surface area contributed by atoms with E-state index in [0.717, 1.165) is 60.3 Å².